The zero-order chi connectivity index (χ0) is 40.2. The molecule has 13 aromatic rings. The summed E-state index contributed by atoms with van der Waals surface area (Å²) >= 11 is 0. The Kier molecular flexibility index (Phi) is 7.13. The molecule has 0 radical (unpaired) electrons. The van der Waals surface area contributed by atoms with Crippen molar-refractivity contribution in [3.63, 3.8) is 0 Å². The molecule has 0 N–H and O–H groups in total. The van der Waals surface area contributed by atoms with Crippen LogP contribution in [0.5, 0.6) is 0 Å². The molecule has 0 fully saturated rings. The summed E-state index contributed by atoms with van der Waals surface area (Å²) in [6.45, 7) is 4.38. The topological polar surface area (TPSA) is 44.1 Å². The average Bonchev–Trinajstić information content (AvgIpc) is 4.00. The van der Waals surface area contributed by atoms with Crippen molar-refractivity contribution in [3.8, 4) is 39.3 Å². The minimum absolute atomic E-state index is 0.802. The summed E-state index contributed by atoms with van der Waals surface area (Å²) in [7, 11) is 0. The molecule has 0 aliphatic rings. The quantitative estimate of drug-likeness (QED) is 0.175. The molecule has 61 heavy (non-hydrogen) atoms. The number of rotatable bonds is 5. The highest BCUT2D eigenvalue weighted by molar-refractivity contribution is 6.23. The van der Waals surface area contributed by atoms with Gasteiger partial charge in [-0.3, -0.25) is 0 Å². The molecule has 0 bridgehead atoms. The molecule has 13 rings (SSSR count). The van der Waals surface area contributed by atoms with Gasteiger partial charge in [-0.05, 0) is 81.9 Å². The second-order valence-electron chi connectivity index (χ2n) is 15.8. The first-order valence-electron chi connectivity index (χ1n) is 20.6. The zero-order valence-electron chi connectivity index (χ0n) is 32.9. The van der Waals surface area contributed by atoms with Gasteiger partial charge in [0.15, 0.2) is 0 Å². The van der Waals surface area contributed by atoms with E-state index >= 15 is 0 Å². The number of hydrogen-bond acceptors (Lipinski definition) is 3. The summed E-state index contributed by atoms with van der Waals surface area (Å²) < 4.78 is 15.4. The van der Waals surface area contributed by atoms with Crippen LogP contribution in [0.4, 0.5) is 0 Å². The van der Waals surface area contributed by atoms with Gasteiger partial charge in [-0.2, -0.15) is 0 Å². The number of pyridine rings is 1. The number of furan rings is 2. The molecule has 0 spiro atoms. The molecule has 4 heterocycles. The van der Waals surface area contributed by atoms with Gasteiger partial charge in [-0.1, -0.05) is 146 Å². The summed E-state index contributed by atoms with van der Waals surface area (Å²) in [6.07, 6.45) is 1.96. The van der Waals surface area contributed by atoms with Crippen molar-refractivity contribution in [2.45, 2.75) is 0 Å². The monoisotopic (exact) mass is 778 g/mol. The van der Waals surface area contributed by atoms with Crippen LogP contribution in [0.15, 0.2) is 203 Å². The maximum Gasteiger partial charge on any atom is 0.147 e. The van der Waals surface area contributed by atoms with Crippen molar-refractivity contribution in [2.24, 2.45) is 0 Å². The van der Waals surface area contributed by atoms with Crippen molar-refractivity contribution < 1.29 is 8.83 Å². The molecule has 0 aliphatic heterocycles. The zero-order valence-corrected chi connectivity index (χ0v) is 32.9. The second-order valence-corrected chi connectivity index (χ2v) is 15.8. The van der Waals surface area contributed by atoms with Crippen molar-refractivity contribution in [2.75, 3.05) is 0 Å². The Balaban J connectivity index is 1.05. The Labute approximate surface area is 349 Å². The van der Waals surface area contributed by atoms with Crippen LogP contribution < -0.4 is 0 Å². The van der Waals surface area contributed by atoms with Gasteiger partial charge in [0.1, 0.15) is 22.3 Å². The molecule has 0 unspecified atom stereocenters. The molecule has 0 saturated carbocycles. The Hall–Kier alpha value is -8.21. The molecule has 4 heteroatoms. The fraction of sp³-hybridized carbons (Fsp3) is 0. The van der Waals surface area contributed by atoms with E-state index in [0.29, 0.717) is 0 Å². The van der Waals surface area contributed by atoms with Gasteiger partial charge in [0, 0.05) is 49.0 Å². The van der Waals surface area contributed by atoms with E-state index in [1.165, 1.54) is 32.6 Å². The summed E-state index contributed by atoms with van der Waals surface area (Å²) in [5, 5.41) is 11.4. The van der Waals surface area contributed by atoms with Crippen molar-refractivity contribution in [1.82, 2.24) is 9.55 Å². The lowest BCUT2D eigenvalue weighted by Gasteiger charge is -2.18. The number of aromatic nitrogens is 2. The Morgan fingerprint density at radius 2 is 1.18 bits per heavy atom. The molecule has 4 aromatic heterocycles. The first-order chi connectivity index (χ1) is 30.2. The van der Waals surface area contributed by atoms with Crippen LogP contribution in [0.25, 0.3) is 133 Å². The van der Waals surface area contributed by atoms with Crippen molar-refractivity contribution in [3.05, 3.63) is 200 Å². The van der Waals surface area contributed by atoms with E-state index in [4.69, 9.17) is 13.8 Å². The third-order valence-electron chi connectivity index (χ3n) is 12.6. The highest BCUT2D eigenvalue weighted by Gasteiger charge is 2.22. The summed E-state index contributed by atoms with van der Waals surface area (Å²) in [5.41, 5.74) is 13.6. The molecule has 0 atom stereocenters. The van der Waals surface area contributed by atoms with E-state index in [0.717, 1.165) is 99.5 Å². The Morgan fingerprint density at radius 1 is 0.443 bits per heavy atom. The summed E-state index contributed by atoms with van der Waals surface area (Å²) in [6, 6.07) is 66.7. The standard InChI is InChI=1S/C57H34N2O2/c1-2-37-46(34-14-4-3-5-15-34)33-47(36-24-26-41-43-28-31-52-55(57(43)61-53(41)32-36)45-21-11-13-23-51(45)60-52)58-56(37)42-27-30-49(40-19-9-8-18-39(40)42)59-48-22-12-10-20-44(48)54-38-17-7-6-16-35(38)25-29-50(54)59/h2-33H,1H2. The van der Waals surface area contributed by atoms with E-state index in [1.54, 1.807) is 0 Å². The van der Waals surface area contributed by atoms with Gasteiger partial charge in [-0.15, -0.1) is 0 Å². The highest BCUT2D eigenvalue weighted by atomic mass is 16.3. The Morgan fingerprint density at radius 3 is 2.05 bits per heavy atom. The second kappa shape index (κ2) is 12.9. The van der Waals surface area contributed by atoms with E-state index in [-0.39, 0.29) is 0 Å². The first kappa shape index (κ1) is 33.7. The van der Waals surface area contributed by atoms with Gasteiger partial charge in [0.2, 0.25) is 0 Å². The third-order valence-corrected chi connectivity index (χ3v) is 12.6. The largest absolute Gasteiger partial charge is 0.456 e. The molecule has 4 nitrogen and oxygen atoms in total. The van der Waals surface area contributed by atoms with Crippen LogP contribution in [-0.2, 0) is 0 Å². The highest BCUT2D eigenvalue weighted by Crippen LogP contribution is 2.44. The van der Waals surface area contributed by atoms with Crippen LogP contribution in [0, 0.1) is 0 Å². The molecule has 9 aromatic carbocycles. The van der Waals surface area contributed by atoms with Gasteiger partial charge in [-0.25, -0.2) is 4.98 Å². The molecule has 284 valence electrons. The van der Waals surface area contributed by atoms with E-state index in [2.05, 4.69) is 175 Å². The number of para-hydroxylation sites is 2. The number of nitrogens with zero attached hydrogens (tertiary/aromatic N) is 2. The summed E-state index contributed by atoms with van der Waals surface area (Å²) in [5.74, 6) is 0. The van der Waals surface area contributed by atoms with Gasteiger partial charge in [0.05, 0.1) is 33.5 Å². The fourth-order valence-corrected chi connectivity index (χ4v) is 9.86. The lowest BCUT2D eigenvalue weighted by Crippen LogP contribution is -1.99. The average molecular weight is 779 g/mol. The number of hydrogen-bond donors (Lipinski definition) is 0. The van der Waals surface area contributed by atoms with Crippen LogP contribution >= 0.6 is 0 Å². The number of fused-ring (bicyclic) bond motifs is 13. The maximum absolute atomic E-state index is 6.75. The number of benzene rings is 9. The van der Waals surface area contributed by atoms with Gasteiger partial charge < -0.3 is 13.4 Å². The minimum Gasteiger partial charge on any atom is -0.456 e. The molecule has 0 amide bonds. The van der Waals surface area contributed by atoms with Crippen LogP contribution in [-0.4, -0.2) is 9.55 Å². The Bertz CT molecular complexity index is 3960. The van der Waals surface area contributed by atoms with E-state index < -0.39 is 0 Å². The lowest BCUT2D eigenvalue weighted by atomic mass is 9.91. The smallest absolute Gasteiger partial charge is 0.147 e. The lowest BCUT2D eigenvalue weighted by molar-refractivity contribution is 0.663. The van der Waals surface area contributed by atoms with E-state index in [1.807, 2.05) is 30.3 Å². The third kappa shape index (κ3) is 4.90. The first-order valence-corrected chi connectivity index (χ1v) is 20.6. The molecular formula is C57H34N2O2. The minimum atomic E-state index is 0.802. The molecule has 0 aliphatic carbocycles. The van der Waals surface area contributed by atoms with Crippen LogP contribution in [0.1, 0.15) is 5.56 Å². The van der Waals surface area contributed by atoms with Gasteiger partial charge >= 0.3 is 0 Å². The molecular weight excluding hydrogens is 745 g/mol. The SMILES string of the molecule is C=Cc1c(-c2ccccc2)cc(-c2ccc3c(c2)oc2c3ccc3oc4ccccc4c32)nc1-c1ccc(-n2c3ccccc3c3c4ccccc4ccc32)c2ccccc12. The maximum atomic E-state index is 6.75. The van der Waals surface area contributed by atoms with Gasteiger partial charge in [0.25, 0.3) is 0 Å². The fourth-order valence-electron chi connectivity index (χ4n) is 9.86. The predicted molar refractivity (Wildman–Crippen MR) is 255 cm³/mol. The van der Waals surface area contributed by atoms with Crippen molar-refractivity contribution >= 4 is 93.3 Å². The van der Waals surface area contributed by atoms with Crippen molar-refractivity contribution in [1.29, 1.82) is 0 Å². The summed E-state index contributed by atoms with van der Waals surface area (Å²) in [4.78, 5) is 5.56. The van der Waals surface area contributed by atoms with Crippen LogP contribution in [0.2, 0.25) is 0 Å². The molecule has 0 saturated heterocycles. The van der Waals surface area contributed by atoms with E-state index in [9.17, 15) is 0 Å². The van der Waals surface area contributed by atoms with Crippen LogP contribution in [0.3, 0.4) is 0 Å². The predicted octanol–water partition coefficient (Wildman–Crippen LogP) is 15.9. The normalized spacial score (nSPS) is 12.0.